The van der Waals surface area contributed by atoms with E-state index in [2.05, 4.69) is 31.9 Å². The smallest absolute Gasteiger partial charge is 0.136 e. The van der Waals surface area contributed by atoms with E-state index >= 15 is 0 Å². The highest BCUT2D eigenvalue weighted by molar-refractivity contribution is 9.11. The van der Waals surface area contributed by atoms with Gasteiger partial charge in [0.25, 0.3) is 0 Å². The average Bonchev–Trinajstić information content (AvgIpc) is 2.39. The Hall–Kier alpha value is -0.910. The molecular weight excluding hydrogens is 377 g/mol. The van der Waals surface area contributed by atoms with Crippen molar-refractivity contribution >= 4 is 31.9 Å². The molecule has 0 aliphatic heterocycles. The second-order valence-electron chi connectivity index (χ2n) is 3.97. The topological polar surface area (TPSA) is 35.2 Å². The highest BCUT2D eigenvalue weighted by atomic mass is 79.9. The molecular formula is C14H12Br2FNO. The number of ether oxygens (including phenoxy) is 1. The van der Waals surface area contributed by atoms with Crippen LogP contribution in [0.25, 0.3) is 0 Å². The van der Waals surface area contributed by atoms with Gasteiger partial charge in [0.05, 0.1) is 4.47 Å². The third-order valence-corrected chi connectivity index (χ3v) is 3.73. The van der Waals surface area contributed by atoms with Gasteiger partial charge in [-0.3, -0.25) is 0 Å². The first-order valence-corrected chi connectivity index (χ1v) is 7.26. The molecule has 0 fully saturated rings. The summed E-state index contributed by atoms with van der Waals surface area (Å²) in [6.07, 6.45) is -0.307. The van der Waals surface area contributed by atoms with Crippen LogP contribution in [0.3, 0.4) is 0 Å². The SMILES string of the molecule is NCC(Oc1ccc(Br)cc1Br)c1ccc(F)cc1. The van der Waals surface area contributed by atoms with Crippen molar-refractivity contribution in [3.8, 4) is 5.75 Å². The first-order chi connectivity index (χ1) is 9.10. The summed E-state index contributed by atoms with van der Waals surface area (Å²) in [5, 5.41) is 0. The molecule has 0 saturated carbocycles. The van der Waals surface area contributed by atoms with Crippen LogP contribution in [-0.4, -0.2) is 6.54 Å². The second-order valence-corrected chi connectivity index (χ2v) is 5.74. The molecule has 2 rings (SSSR count). The van der Waals surface area contributed by atoms with Crippen LogP contribution in [0.2, 0.25) is 0 Å². The molecule has 0 bridgehead atoms. The largest absolute Gasteiger partial charge is 0.483 e. The van der Waals surface area contributed by atoms with Crippen molar-refractivity contribution < 1.29 is 9.13 Å². The third kappa shape index (κ3) is 3.78. The summed E-state index contributed by atoms with van der Waals surface area (Å²) in [6, 6.07) is 11.8. The Balaban J connectivity index is 2.21. The van der Waals surface area contributed by atoms with Crippen LogP contribution >= 0.6 is 31.9 Å². The number of hydrogen-bond donors (Lipinski definition) is 1. The fourth-order valence-corrected chi connectivity index (χ4v) is 2.79. The van der Waals surface area contributed by atoms with E-state index in [1.54, 1.807) is 12.1 Å². The fraction of sp³-hybridized carbons (Fsp3) is 0.143. The number of halogens is 3. The van der Waals surface area contributed by atoms with Crippen LogP contribution in [0.15, 0.2) is 51.4 Å². The Morgan fingerprint density at radius 3 is 2.37 bits per heavy atom. The zero-order valence-corrected chi connectivity index (χ0v) is 13.1. The molecule has 2 aromatic carbocycles. The monoisotopic (exact) mass is 387 g/mol. The summed E-state index contributed by atoms with van der Waals surface area (Å²) < 4.78 is 20.6. The van der Waals surface area contributed by atoms with Crippen molar-refractivity contribution in [2.45, 2.75) is 6.10 Å². The Labute approximate surface area is 128 Å². The molecule has 1 atom stereocenters. The lowest BCUT2D eigenvalue weighted by Crippen LogP contribution is -2.18. The number of nitrogens with two attached hydrogens (primary N) is 1. The van der Waals surface area contributed by atoms with Crippen LogP contribution < -0.4 is 10.5 Å². The van der Waals surface area contributed by atoms with Crippen LogP contribution in [0.4, 0.5) is 4.39 Å². The third-order valence-electron chi connectivity index (χ3n) is 2.62. The Morgan fingerprint density at radius 2 is 1.79 bits per heavy atom. The zero-order valence-electron chi connectivity index (χ0n) is 9.95. The summed E-state index contributed by atoms with van der Waals surface area (Å²) in [7, 11) is 0. The lowest BCUT2D eigenvalue weighted by Gasteiger charge is -2.19. The molecule has 19 heavy (non-hydrogen) atoms. The van der Waals surface area contributed by atoms with Gasteiger partial charge in [-0.2, -0.15) is 0 Å². The molecule has 0 spiro atoms. The summed E-state index contributed by atoms with van der Waals surface area (Å²) >= 11 is 6.81. The highest BCUT2D eigenvalue weighted by Gasteiger charge is 2.13. The molecule has 0 amide bonds. The Bertz CT molecular complexity index is 560. The van der Waals surface area contributed by atoms with Crippen LogP contribution in [0.5, 0.6) is 5.75 Å². The molecule has 5 heteroatoms. The van der Waals surface area contributed by atoms with Crippen molar-refractivity contribution in [1.82, 2.24) is 0 Å². The summed E-state index contributed by atoms with van der Waals surface area (Å²) in [4.78, 5) is 0. The maximum Gasteiger partial charge on any atom is 0.136 e. The molecule has 100 valence electrons. The van der Waals surface area contributed by atoms with Gasteiger partial charge in [0.1, 0.15) is 17.7 Å². The van der Waals surface area contributed by atoms with E-state index in [9.17, 15) is 4.39 Å². The van der Waals surface area contributed by atoms with Gasteiger partial charge in [-0.05, 0) is 51.8 Å². The Kier molecular flexibility index (Phi) is 4.96. The van der Waals surface area contributed by atoms with Crippen molar-refractivity contribution in [2.24, 2.45) is 5.73 Å². The molecule has 2 nitrogen and oxygen atoms in total. The Morgan fingerprint density at radius 1 is 1.11 bits per heavy atom. The minimum Gasteiger partial charge on any atom is -0.483 e. The van der Waals surface area contributed by atoms with E-state index in [-0.39, 0.29) is 11.9 Å². The molecule has 2 N–H and O–H groups in total. The fourth-order valence-electron chi connectivity index (χ4n) is 1.65. The minimum absolute atomic E-state index is 0.274. The molecule has 0 saturated heterocycles. The van der Waals surface area contributed by atoms with Crippen LogP contribution in [-0.2, 0) is 0 Å². The van der Waals surface area contributed by atoms with Gasteiger partial charge in [-0.15, -0.1) is 0 Å². The van der Waals surface area contributed by atoms with Gasteiger partial charge in [0.15, 0.2) is 0 Å². The minimum atomic E-state index is -0.307. The van der Waals surface area contributed by atoms with E-state index in [4.69, 9.17) is 10.5 Å². The second kappa shape index (κ2) is 6.50. The van der Waals surface area contributed by atoms with Gasteiger partial charge < -0.3 is 10.5 Å². The van der Waals surface area contributed by atoms with E-state index in [1.807, 2.05) is 18.2 Å². The zero-order chi connectivity index (χ0) is 13.8. The summed E-state index contributed by atoms with van der Waals surface area (Å²) in [5.74, 6) is 0.423. The predicted octanol–water partition coefficient (Wildman–Crippen LogP) is 4.43. The summed E-state index contributed by atoms with van der Waals surface area (Å²) in [6.45, 7) is 0.314. The first-order valence-electron chi connectivity index (χ1n) is 5.67. The molecule has 0 heterocycles. The van der Waals surface area contributed by atoms with Gasteiger partial charge in [0, 0.05) is 11.0 Å². The molecule has 2 aromatic rings. The number of hydrogen-bond acceptors (Lipinski definition) is 2. The lowest BCUT2D eigenvalue weighted by molar-refractivity contribution is 0.212. The quantitative estimate of drug-likeness (QED) is 0.840. The maximum atomic E-state index is 12.9. The van der Waals surface area contributed by atoms with Gasteiger partial charge in [0.2, 0.25) is 0 Å². The van der Waals surface area contributed by atoms with Crippen LogP contribution in [0.1, 0.15) is 11.7 Å². The average molecular weight is 389 g/mol. The normalized spacial score (nSPS) is 12.2. The van der Waals surface area contributed by atoms with E-state index < -0.39 is 0 Å². The first kappa shape index (κ1) is 14.5. The van der Waals surface area contributed by atoms with Crippen LogP contribution in [0, 0.1) is 5.82 Å². The molecule has 1 unspecified atom stereocenters. The van der Waals surface area contributed by atoms with Crippen molar-refractivity contribution in [3.63, 3.8) is 0 Å². The predicted molar refractivity (Wildman–Crippen MR) is 80.7 cm³/mol. The van der Waals surface area contributed by atoms with E-state index in [1.165, 1.54) is 12.1 Å². The maximum absolute atomic E-state index is 12.9. The standard InChI is InChI=1S/C14H12Br2FNO/c15-10-3-6-13(12(16)7-10)19-14(8-18)9-1-4-11(17)5-2-9/h1-7,14H,8,18H2. The van der Waals surface area contributed by atoms with E-state index in [0.717, 1.165) is 14.5 Å². The van der Waals surface area contributed by atoms with Gasteiger partial charge >= 0.3 is 0 Å². The summed E-state index contributed by atoms with van der Waals surface area (Å²) in [5.41, 5.74) is 6.57. The lowest BCUT2D eigenvalue weighted by atomic mass is 10.1. The number of benzene rings is 2. The number of rotatable bonds is 4. The van der Waals surface area contributed by atoms with E-state index in [0.29, 0.717) is 12.3 Å². The van der Waals surface area contributed by atoms with Crippen molar-refractivity contribution in [2.75, 3.05) is 6.54 Å². The van der Waals surface area contributed by atoms with Crippen molar-refractivity contribution in [1.29, 1.82) is 0 Å². The van der Waals surface area contributed by atoms with Crippen molar-refractivity contribution in [3.05, 3.63) is 62.8 Å². The van der Waals surface area contributed by atoms with Gasteiger partial charge in [-0.1, -0.05) is 28.1 Å². The molecule has 0 radical (unpaired) electrons. The van der Waals surface area contributed by atoms with Gasteiger partial charge in [-0.25, -0.2) is 4.39 Å². The molecule has 0 aliphatic rings. The molecule has 0 aliphatic carbocycles. The highest BCUT2D eigenvalue weighted by Crippen LogP contribution is 2.31. The molecule has 0 aromatic heterocycles.